The van der Waals surface area contributed by atoms with Crippen molar-refractivity contribution in [1.82, 2.24) is 0 Å². The largest absolute Gasteiger partial charge is 0.389 e. The summed E-state index contributed by atoms with van der Waals surface area (Å²) in [7, 11) is 0. The Labute approximate surface area is 186 Å². The first-order chi connectivity index (χ1) is 15.3. The van der Waals surface area contributed by atoms with E-state index in [0.29, 0.717) is 17.4 Å². The molecule has 0 aromatic heterocycles. The Bertz CT molecular complexity index is 1170. The van der Waals surface area contributed by atoms with Crippen LogP contribution in [0, 0.1) is 22.0 Å². The van der Waals surface area contributed by atoms with Crippen LogP contribution in [-0.4, -0.2) is 33.7 Å². The Kier molecular flexibility index (Phi) is 5.65. The molecule has 6 nitrogen and oxygen atoms in total. The molecule has 0 saturated heterocycles. The fourth-order valence-electron chi connectivity index (χ4n) is 5.70. The van der Waals surface area contributed by atoms with Crippen LogP contribution in [0.15, 0.2) is 72.8 Å². The Hall–Kier alpha value is -3.38. The number of nitrogens with zero attached hydrogens (tertiary/aromatic N) is 1. The fraction of sp³-hybridized carbons (Fsp3) is 0.308. The molecule has 4 rings (SSSR count). The molecule has 32 heavy (non-hydrogen) atoms. The molecule has 1 saturated carbocycles. The van der Waals surface area contributed by atoms with Gasteiger partial charge in [-0.15, -0.1) is 0 Å². The molecule has 1 aliphatic rings. The van der Waals surface area contributed by atoms with E-state index in [1.165, 1.54) is 13.8 Å². The Morgan fingerprint density at radius 2 is 1.62 bits per heavy atom. The maximum absolute atomic E-state index is 12.8. The van der Waals surface area contributed by atoms with E-state index in [9.17, 15) is 24.8 Å². The maximum atomic E-state index is 12.8. The van der Waals surface area contributed by atoms with Gasteiger partial charge in [0, 0.05) is 4.92 Å². The number of Topliss-reactive ketones (excluding diaryl/α,β-unsaturated/α-hetero) is 1. The second-order valence-electron chi connectivity index (χ2n) is 8.78. The van der Waals surface area contributed by atoms with Crippen molar-refractivity contribution in [2.24, 2.45) is 11.8 Å². The van der Waals surface area contributed by atoms with Crippen molar-refractivity contribution in [3.05, 3.63) is 94.0 Å². The van der Waals surface area contributed by atoms with Crippen molar-refractivity contribution in [1.29, 1.82) is 0 Å². The average Bonchev–Trinajstić information content (AvgIpc) is 2.77. The molecule has 164 valence electrons. The summed E-state index contributed by atoms with van der Waals surface area (Å²) in [6.45, 7) is 2.79. The van der Waals surface area contributed by atoms with Crippen LogP contribution in [0.4, 0.5) is 0 Å². The molecule has 0 aliphatic heterocycles. The quantitative estimate of drug-likeness (QED) is 0.372. The molecular weight excluding hydrogens is 406 g/mol. The Morgan fingerprint density at radius 3 is 2.25 bits per heavy atom. The number of aliphatic hydroxyl groups is 1. The van der Waals surface area contributed by atoms with Gasteiger partial charge in [0.05, 0.1) is 29.3 Å². The molecule has 0 bridgehead atoms. The van der Waals surface area contributed by atoms with Crippen molar-refractivity contribution in [3.8, 4) is 0 Å². The molecule has 1 aliphatic carbocycles. The van der Waals surface area contributed by atoms with Gasteiger partial charge >= 0.3 is 0 Å². The smallest absolute Gasteiger partial charge is 0.228 e. The van der Waals surface area contributed by atoms with Crippen LogP contribution in [0.25, 0.3) is 10.8 Å². The van der Waals surface area contributed by atoms with E-state index in [-0.39, 0.29) is 10.7 Å². The highest BCUT2D eigenvalue weighted by Crippen LogP contribution is 2.54. The van der Waals surface area contributed by atoms with Crippen LogP contribution in [-0.2, 0) is 9.59 Å². The van der Waals surface area contributed by atoms with Gasteiger partial charge in [0.25, 0.3) is 0 Å². The highest BCUT2D eigenvalue weighted by molar-refractivity contribution is 5.87. The van der Waals surface area contributed by atoms with E-state index in [0.717, 1.165) is 10.8 Å². The highest BCUT2D eigenvalue weighted by atomic mass is 16.6. The first-order valence-corrected chi connectivity index (χ1v) is 10.6. The van der Waals surface area contributed by atoms with Crippen molar-refractivity contribution in [3.63, 3.8) is 0 Å². The van der Waals surface area contributed by atoms with Crippen molar-refractivity contribution >= 4 is 22.8 Å². The van der Waals surface area contributed by atoms with Crippen molar-refractivity contribution in [2.45, 2.75) is 37.3 Å². The van der Waals surface area contributed by atoms with Crippen LogP contribution in [0.3, 0.4) is 0 Å². The van der Waals surface area contributed by atoms with Gasteiger partial charge in [-0.2, -0.15) is 0 Å². The predicted molar refractivity (Wildman–Crippen MR) is 121 cm³/mol. The minimum Gasteiger partial charge on any atom is -0.389 e. The summed E-state index contributed by atoms with van der Waals surface area (Å²) in [5, 5.41) is 25.9. The lowest BCUT2D eigenvalue weighted by atomic mass is 9.54. The van der Waals surface area contributed by atoms with Crippen LogP contribution >= 0.6 is 0 Å². The molecule has 0 unspecified atom stereocenters. The van der Waals surface area contributed by atoms with Crippen LogP contribution < -0.4 is 0 Å². The number of nitro groups is 1. The maximum Gasteiger partial charge on any atom is 0.228 e. The number of rotatable bonds is 5. The molecule has 6 atom stereocenters. The molecular formula is C26H25NO5. The zero-order valence-corrected chi connectivity index (χ0v) is 17.9. The van der Waals surface area contributed by atoms with Gasteiger partial charge in [0.2, 0.25) is 6.04 Å². The molecule has 0 spiro atoms. The highest BCUT2D eigenvalue weighted by Gasteiger charge is 2.63. The van der Waals surface area contributed by atoms with Gasteiger partial charge in [-0.25, -0.2) is 0 Å². The van der Waals surface area contributed by atoms with E-state index in [1.807, 2.05) is 30.3 Å². The van der Waals surface area contributed by atoms with Gasteiger partial charge in [-0.1, -0.05) is 72.8 Å². The number of fused-ring (bicyclic) bond motifs is 1. The normalized spacial score (nSPS) is 30.0. The van der Waals surface area contributed by atoms with E-state index in [2.05, 4.69) is 0 Å². The standard InChI is InChI=1S/C26H25NO5/c1-16(29)24-22(18-10-4-3-5-11-18)25(27(31)32)23(21(15-28)26(24,2)30)20-14-8-12-17-9-6-7-13-19(17)20/h3-15,21-25,30H,1-2H3/t21-,22+,23-,24+,25+,26-/m0/s1. The molecule has 1 fully saturated rings. The monoisotopic (exact) mass is 431 g/mol. The number of ketones is 1. The summed E-state index contributed by atoms with van der Waals surface area (Å²) >= 11 is 0. The van der Waals surface area contributed by atoms with Gasteiger partial charge in [-0.05, 0) is 35.7 Å². The summed E-state index contributed by atoms with van der Waals surface area (Å²) in [5.41, 5.74) is -0.531. The number of carbonyl (C=O) groups is 2. The first-order valence-electron chi connectivity index (χ1n) is 10.6. The average molecular weight is 431 g/mol. The first kappa shape index (κ1) is 21.8. The third-order valence-corrected chi connectivity index (χ3v) is 6.98. The second-order valence-corrected chi connectivity index (χ2v) is 8.78. The van der Waals surface area contributed by atoms with Crippen LogP contribution in [0.2, 0.25) is 0 Å². The number of benzene rings is 3. The summed E-state index contributed by atoms with van der Waals surface area (Å²) < 4.78 is 0. The van der Waals surface area contributed by atoms with Gasteiger partial charge < -0.3 is 9.90 Å². The molecule has 3 aromatic rings. The Balaban J connectivity index is 2.04. The lowest BCUT2D eigenvalue weighted by Gasteiger charge is -2.50. The second kappa shape index (κ2) is 8.28. The molecule has 0 amide bonds. The number of hydrogen-bond donors (Lipinski definition) is 1. The minimum absolute atomic E-state index is 0.376. The Morgan fingerprint density at radius 1 is 1.00 bits per heavy atom. The molecule has 0 heterocycles. The third kappa shape index (κ3) is 3.41. The van der Waals surface area contributed by atoms with E-state index >= 15 is 0 Å². The molecule has 6 heteroatoms. The SMILES string of the molecule is CC(=O)[C@@H]1[C@@H](c2ccccc2)[C@@H]([N+](=O)[O-])[C@@H](c2cccc3ccccc23)[C@H](C=O)[C@]1(C)O. The van der Waals surface area contributed by atoms with E-state index in [1.54, 1.807) is 42.5 Å². The number of carbonyl (C=O) groups excluding carboxylic acids is 2. The summed E-state index contributed by atoms with van der Waals surface area (Å²) in [6.07, 6.45) is 0.583. The van der Waals surface area contributed by atoms with Crippen LogP contribution in [0.1, 0.15) is 36.8 Å². The zero-order valence-electron chi connectivity index (χ0n) is 17.9. The van der Waals surface area contributed by atoms with Crippen LogP contribution in [0.5, 0.6) is 0 Å². The summed E-state index contributed by atoms with van der Waals surface area (Å²) in [6, 6.07) is 20.5. The number of aldehydes is 1. The fourth-order valence-corrected chi connectivity index (χ4v) is 5.70. The van der Waals surface area contributed by atoms with E-state index in [4.69, 9.17) is 0 Å². The molecule has 3 aromatic carbocycles. The topological polar surface area (TPSA) is 97.5 Å². The van der Waals surface area contributed by atoms with Gasteiger partial charge in [0.15, 0.2) is 0 Å². The lowest BCUT2D eigenvalue weighted by molar-refractivity contribution is -0.539. The lowest BCUT2D eigenvalue weighted by Crippen LogP contribution is -2.61. The van der Waals surface area contributed by atoms with Gasteiger partial charge in [-0.3, -0.25) is 14.9 Å². The van der Waals surface area contributed by atoms with Crippen molar-refractivity contribution in [2.75, 3.05) is 0 Å². The van der Waals surface area contributed by atoms with Gasteiger partial charge in [0.1, 0.15) is 12.1 Å². The van der Waals surface area contributed by atoms with E-state index < -0.39 is 35.3 Å². The number of hydrogen-bond acceptors (Lipinski definition) is 5. The predicted octanol–water partition coefficient (Wildman–Crippen LogP) is 4.14. The third-order valence-electron chi connectivity index (χ3n) is 6.98. The van der Waals surface area contributed by atoms with Crippen molar-refractivity contribution < 1.29 is 19.6 Å². The molecule has 0 radical (unpaired) electrons. The molecule has 1 N–H and O–H groups in total. The zero-order chi connectivity index (χ0) is 23.0. The minimum atomic E-state index is -1.76. The summed E-state index contributed by atoms with van der Waals surface area (Å²) in [5.74, 6) is -4.40. The summed E-state index contributed by atoms with van der Waals surface area (Å²) in [4.78, 5) is 37.4.